The number of hydrogen-bond donors (Lipinski definition) is 2. The molecule has 22 heavy (non-hydrogen) atoms. The van der Waals surface area contributed by atoms with Gasteiger partial charge in [-0.1, -0.05) is 0 Å². The largest absolute Gasteiger partial charge is 0.497 e. The van der Waals surface area contributed by atoms with Crippen molar-refractivity contribution in [1.29, 1.82) is 0 Å². The first-order chi connectivity index (χ1) is 10.6. The molecule has 6 heteroatoms. The molecule has 0 fully saturated rings. The Kier molecular flexibility index (Phi) is 3.52. The molecule has 0 spiro atoms. The molecule has 0 saturated heterocycles. The first-order valence-electron chi connectivity index (χ1n) is 6.69. The number of aromatic nitrogens is 2. The van der Waals surface area contributed by atoms with E-state index >= 15 is 0 Å². The van der Waals surface area contributed by atoms with E-state index in [9.17, 15) is 4.79 Å². The van der Waals surface area contributed by atoms with Crippen LogP contribution in [0.5, 0.6) is 5.75 Å². The van der Waals surface area contributed by atoms with Gasteiger partial charge < -0.3 is 9.30 Å². The molecule has 0 aliphatic heterocycles. The molecule has 3 aromatic rings. The average molecular weight is 297 g/mol. The summed E-state index contributed by atoms with van der Waals surface area (Å²) in [5.74, 6) is 1.02. The number of rotatable bonds is 3. The van der Waals surface area contributed by atoms with E-state index in [0.717, 1.165) is 22.7 Å². The lowest BCUT2D eigenvalue weighted by molar-refractivity contribution is 0.0706. The predicted octanol–water partition coefficient (Wildman–Crippen LogP) is 2.37. The number of methoxy groups -OCH3 is 1. The standard InChI is InChI=1S/C16H15N3O3/c1-19-14-8-5-11(16(20)18-21)9-13(14)17-15(19)10-3-6-12(22-2)7-4-10/h3-9,21H,1-2H3,(H,18,20). The molecule has 0 bridgehead atoms. The third-order valence-electron chi connectivity index (χ3n) is 3.59. The minimum atomic E-state index is -0.557. The number of benzene rings is 2. The number of ether oxygens (including phenoxy) is 1. The summed E-state index contributed by atoms with van der Waals surface area (Å²) in [7, 11) is 3.54. The molecule has 0 aliphatic carbocycles. The van der Waals surface area contributed by atoms with Gasteiger partial charge in [-0.25, -0.2) is 10.5 Å². The molecule has 112 valence electrons. The molecule has 0 aliphatic rings. The van der Waals surface area contributed by atoms with Crippen molar-refractivity contribution in [2.24, 2.45) is 7.05 Å². The van der Waals surface area contributed by atoms with Gasteiger partial charge in [-0.2, -0.15) is 0 Å². The minimum absolute atomic E-state index is 0.356. The third kappa shape index (κ3) is 2.29. The Balaban J connectivity index is 2.10. The molecule has 0 saturated carbocycles. The number of aryl methyl sites for hydroxylation is 1. The second kappa shape index (κ2) is 5.50. The van der Waals surface area contributed by atoms with E-state index < -0.39 is 5.91 Å². The number of fused-ring (bicyclic) bond motifs is 1. The van der Waals surface area contributed by atoms with Crippen LogP contribution < -0.4 is 10.2 Å². The normalized spacial score (nSPS) is 10.7. The number of hydrogen-bond acceptors (Lipinski definition) is 4. The molecule has 0 radical (unpaired) electrons. The quantitative estimate of drug-likeness (QED) is 0.575. The van der Waals surface area contributed by atoms with Crippen LogP contribution in [0.2, 0.25) is 0 Å². The first kappa shape index (κ1) is 14.1. The number of carbonyl (C=O) groups is 1. The maximum Gasteiger partial charge on any atom is 0.274 e. The molecule has 1 aromatic heterocycles. The van der Waals surface area contributed by atoms with Crippen LogP contribution in [0.15, 0.2) is 42.5 Å². The lowest BCUT2D eigenvalue weighted by atomic mass is 10.2. The number of hydroxylamine groups is 1. The highest BCUT2D eigenvalue weighted by Crippen LogP contribution is 2.26. The maximum absolute atomic E-state index is 11.5. The van der Waals surface area contributed by atoms with E-state index in [-0.39, 0.29) is 0 Å². The van der Waals surface area contributed by atoms with E-state index in [1.807, 2.05) is 35.9 Å². The number of nitrogens with zero attached hydrogens (tertiary/aromatic N) is 2. The third-order valence-corrected chi connectivity index (χ3v) is 3.59. The first-order valence-corrected chi connectivity index (χ1v) is 6.69. The van der Waals surface area contributed by atoms with Gasteiger partial charge in [-0.3, -0.25) is 10.0 Å². The highest BCUT2D eigenvalue weighted by atomic mass is 16.5. The van der Waals surface area contributed by atoms with Gasteiger partial charge in [-0.15, -0.1) is 0 Å². The fourth-order valence-corrected chi connectivity index (χ4v) is 2.40. The van der Waals surface area contributed by atoms with Gasteiger partial charge in [0.25, 0.3) is 5.91 Å². The highest BCUT2D eigenvalue weighted by Gasteiger charge is 2.12. The summed E-state index contributed by atoms with van der Waals surface area (Å²) < 4.78 is 7.11. The van der Waals surface area contributed by atoms with Crippen molar-refractivity contribution in [3.63, 3.8) is 0 Å². The summed E-state index contributed by atoms with van der Waals surface area (Å²) in [6.07, 6.45) is 0. The van der Waals surface area contributed by atoms with Crippen LogP contribution in [0.25, 0.3) is 22.4 Å². The monoisotopic (exact) mass is 297 g/mol. The van der Waals surface area contributed by atoms with Gasteiger partial charge >= 0.3 is 0 Å². The summed E-state index contributed by atoms with van der Waals surface area (Å²) in [6.45, 7) is 0. The molecule has 6 nitrogen and oxygen atoms in total. The van der Waals surface area contributed by atoms with E-state index in [4.69, 9.17) is 9.94 Å². The van der Waals surface area contributed by atoms with Crippen molar-refractivity contribution < 1.29 is 14.7 Å². The van der Waals surface area contributed by atoms with Gasteiger partial charge in [0, 0.05) is 18.2 Å². The van der Waals surface area contributed by atoms with E-state index in [2.05, 4.69) is 4.98 Å². The minimum Gasteiger partial charge on any atom is -0.497 e. The number of carbonyl (C=O) groups excluding carboxylic acids is 1. The van der Waals surface area contributed by atoms with Gasteiger partial charge in [0.15, 0.2) is 0 Å². The van der Waals surface area contributed by atoms with E-state index in [1.165, 1.54) is 0 Å². The summed E-state index contributed by atoms with van der Waals surface area (Å²) in [6, 6.07) is 12.7. The number of nitrogens with one attached hydrogen (secondary N) is 1. The van der Waals surface area contributed by atoms with Crippen molar-refractivity contribution in [3.05, 3.63) is 48.0 Å². The molecular weight excluding hydrogens is 282 g/mol. The molecule has 1 amide bonds. The topological polar surface area (TPSA) is 76.4 Å². The molecule has 3 rings (SSSR count). The Morgan fingerprint density at radius 2 is 1.95 bits per heavy atom. The van der Waals surface area contributed by atoms with Crippen LogP contribution in [0.4, 0.5) is 0 Å². The van der Waals surface area contributed by atoms with Crippen LogP contribution in [-0.2, 0) is 7.05 Å². The van der Waals surface area contributed by atoms with Crippen LogP contribution in [-0.4, -0.2) is 27.8 Å². The predicted molar refractivity (Wildman–Crippen MR) is 82.0 cm³/mol. The Morgan fingerprint density at radius 1 is 1.23 bits per heavy atom. The average Bonchev–Trinajstić information content (AvgIpc) is 2.90. The maximum atomic E-state index is 11.5. The molecule has 2 N–H and O–H groups in total. The lowest BCUT2D eigenvalue weighted by Crippen LogP contribution is -2.18. The van der Waals surface area contributed by atoms with E-state index in [0.29, 0.717) is 11.1 Å². The Bertz CT molecular complexity index is 838. The second-order valence-corrected chi connectivity index (χ2v) is 4.87. The Morgan fingerprint density at radius 3 is 2.59 bits per heavy atom. The van der Waals surface area contributed by atoms with Crippen LogP contribution in [0.3, 0.4) is 0 Å². The smallest absolute Gasteiger partial charge is 0.274 e. The second-order valence-electron chi connectivity index (χ2n) is 4.87. The van der Waals surface area contributed by atoms with Crippen molar-refractivity contribution >= 4 is 16.9 Å². The fraction of sp³-hybridized carbons (Fsp3) is 0.125. The van der Waals surface area contributed by atoms with Gasteiger partial charge in [0.2, 0.25) is 0 Å². The SMILES string of the molecule is COc1ccc(-c2nc3cc(C(=O)NO)ccc3n2C)cc1. The lowest BCUT2D eigenvalue weighted by Gasteiger charge is -2.04. The van der Waals surface area contributed by atoms with Crippen molar-refractivity contribution in [2.75, 3.05) is 7.11 Å². The Labute approximate surface area is 126 Å². The summed E-state index contributed by atoms with van der Waals surface area (Å²) in [4.78, 5) is 16.1. The van der Waals surface area contributed by atoms with Crippen molar-refractivity contribution in [1.82, 2.24) is 15.0 Å². The van der Waals surface area contributed by atoms with Gasteiger partial charge in [0.1, 0.15) is 11.6 Å². The van der Waals surface area contributed by atoms with Gasteiger partial charge in [-0.05, 0) is 42.5 Å². The highest BCUT2D eigenvalue weighted by molar-refractivity contribution is 5.97. The van der Waals surface area contributed by atoms with Gasteiger partial charge in [0.05, 0.1) is 18.1 Å². The zero-order valence-electron chi connectivity index (χ0n) is 12.2. The summed E-state index contributed by atoms with van der Waals surface area (Å²) in [5.41, 5.74) is 4.52. The zero-order valence-corrected chi connectivity index (χ0v) is 12.2. The zero-order chi connectivity index (χ0) is 15.7. The molecule has 0 unspecified atom stereocenters. The van der Waals surface area contributed by atoms with Crippen molar-refractivity contribution in [2.45, 2.75) is 0 Å². The van der Waals surface area contributed by atoms with Crippen LogP contribution in [0, 0.1) is 0 Å². The van der Waals surface area contributed by atoms with Crippen LogP contribution in [0.1, 0.15) is 10.4 Å². The van der Waals surface area contributed by atoms with Crippen LogP contribution >= 0.6 is 0 Å². The number of amides is 1. The number of imidazole rings is 1. The summed E-state index contributed by atoms with van der Waals surface area (Å²) in [5, 5.41) is 8.71. The molecular formula is C16H15N3O3. The molecule has 1 heterocycles. The Hall–Kier alpha value is -2.86. The fourth-order valence-electron chi connectivity index (χ4n) is 2.40. The molecule has 0 atom stereocenters. The summed E-state index contributed by atoms with van der Waals surface area (Å²) >= 11 is 0. The van der Waals surface area contributed by atoms with E-state index in [1.54, 1.807) is 30.8 Å². The molecule has 2 aromatic carbocycles. The van der Waals surface area contributed by atoms with Crippen molar-refractivity contribution in [3.8, 4) is 17.1 Å².